The van der Waals surface area contributed by atoms with Crippen LogP contribution in [-0.2, 0) is 11.2 Å². The lowest BCUT2D eigenvalue weighted by Crippen LogP contribution is -2.33. The van der Waals surface area contributed by atoms with Crippen LogP contribution in [0.1, 0.15) is 18.4 Å². The van der Waals surface area contributed by atoms with Gasteiger partial charge in [0, 0.05) is 19.1 Å². The van der Waals surface area contributed by atoms with Crippen molar-refractivity contribution in [3.63, 3.8) is 0 Å². The zero-order valence-corrected chi connectivity index (χ0v) is 11.9. The fraction of sp³-hybridized carbons (Fsp3) is 0.538. The summed E-state index contributed by atoms with van der Waals surface area (Å²) in [6.45, 7) is 1.50. The van der Waals surface area contributed by atoms with Gasteiger partial charge in [0.25, 0.3) is 0 Å². The molecule has 1 nitrogen and oxygen atoms in total. The molecule has 0 spiro atoms. The van der Waals surface area contributed by atoms with Crippen molar-refractivity contribution >= 4 is 27.5 Å². The first kappa shape index (κ1) is 13.3. The number of rotatable bonds is 3. The predicted octanol–water partition coefficient (Wildman–Crippen LogP) is 4.17. The second kappa shape index (κ2) is 5.68. The monoisotopic (exact) mass is 320 g/mol. The van der Waals surface area contributed by atoms with Gasteiger partial charge in [-0.3, -0.25) is 0 Å². The third kappa shape index (κ3) is 3.01. The fourth-order valence-corrected chi connectivity index (χ4v) is 3.02. The minimum absolute atomic E-state index is 0.0517. The Balaban J connectivity index is 2.20. The van der Waals surface area contributed by atoms with E-state index in [1.54, 1.807) is 6.07 Å². The van der Waals surface area contributed by atoms with E-state index in [0.717, 1.165) is 38.0 Å². The third-order valence-corrected chi connectivity index (χ3v) is 4.89. The molecular weight excluding hydrogens is 306 g/mol. The van der Waals surface area contributed by atoms with Crippen LogP contribution in [0.4, 0.5) is 4.39 Å². The zero-order valence-electron chi connectivity index (χ0n) is 9.52. The smallest absolute Gasteiger partial charge is 0.137 e. The van der Waals surface area contributed by atoms with Crippen LogP contribution in [0, 0.1) is 11.2 Å². The predicted molar refractivity (Wildman–Crippen MR) is 71.0 cm³/mol. The lowest BCUT2D eigenvalue weighted by Gasteiger charge is -2.35. The van der Waals surface area contributed by atoms with Gasteiger partial charge >= 0.3 is 0 Å². The van der Waals surface area contributed by atoms with E-state index >= 15 is 0 Å². The summed E-state index contributed by atoms with van der Waals surface area (Å²) >= 11 is 9.43. The Bertz CT molecular complexity index is 391. The van der Waals surface area contributed by atoms with Gasteiger partial charge in [-0.1, -0.05) is 12.1 Å². The van der Waals surface area contributed by atoms with Crippen LogP contribution in [0.15, 0.2) is 22.7 Å². The molecule has 0 atom stereocenters. The Morgan fingerprint density at radius 3 is 2.71 bits per heavy atom. The van der Waals surface area contributed by atoms with E-state index in [1.165, 1.54) is 6.07 Å². The molecule has 0 aromatic heterocycles. The Morgan fingerprint density at radius 1 is 1.35 bits per heavy atom. The molecule has 0 amide bonds. The Hall–Kier alpha value is -0.120. The molecule has 0 bridgehead atoms. The van der Waals surface area contributed by atoms with Crippen LogP contribution in [0.25, 0.3) is 0 Å². The molecule has 1 heterocycles. The number of benzene rings is 1. The van der Waals surface area contributed by atoms with Crippen LogP contribution in [0.3, 0.4) is 0 Å². The minimum Gasteiger partial charge on any atom is -0.381 e. The molecule has 0 aliphatic carbocycles. The molecule has 2 rings (SSSR count). The third-order valence-electron chi connectivity index (χ3n) is 3.43. The van der Waals surface area contributed by atoms with E-state index < -0.39 is 0 Å². The van der Waals surface area contributed by atoms with E-state index in [0.29, 0.717) is 10.4 Å². The van der Waals surface area contributed by atoms with Gasteiger partial charge in [0.05, 0.1) is 4.47 Å². The summed E-state index contributed by atoms with van der Waals surface area (Å²) in [4.78, 5) is 0. The topological polar surface area (TPSA) is 9.23 Å². The van der Waals surface area contributed by atoms with Crippen molar-refractivity contribution in [1.82, 2.24) is 0 Å². The van der Waals surface area contributed by atoms with Gasteiger partial charge in [0.2, 0.25) is 0 Å². The molecule has 17 heavy (non-hydrogen) atoms. The summed E-state index contributed by atoms with van der Waals surface area (Å²) in [7, 11) is 0. The molecule has 0 unspecified atom stereocenters. The van der Waals surface area contributed by atoms with E-state index in [1.807, 2.05) is 6.07 Å². The average Bonchev–Trinajstić information content (AvgIpc) is 2.36. The van der Waals surface area contributed by atoms with Crippen molar-refractivity contribution < 1.29 is 9.13 Å². The van der Waals surface area contributed by atoms with E-state index in [9.17, 15) is 4.39 Å². The lowest BCUT2D eigenvalue weighted by atomic mass is 9.77. The van der Waals surface area contributed by atoms with E-state index in [-0.39, 0.29) is 11.2 Å². The van der Waals surface area contributed by atoms with Gasteiger partial charge in [0.15, 0.2) is 0 Å². The zero-order chi connectivity index (χ0) is 12.3. The normalized spacial score (nSPS) is 19.2. The van der Waals surface area contributed by atoms with Gasteiger partial charge < -0.3 is 4.74 Å². The summed E-state index contributed by atoms with van der Waals surface area (Å²) < 4.78 is 19.4. The molecule has 1 aliphatic heterocycles. The Labute approximate surface area is 114 Å². The summed E-state index contributed by atoms with van der Waals surface area (Å²) in [6.07, 6.45) is 2.69. The molecule has 0 saturated carbocycles. The number of halogens is 3. The second-order valence-corrected chi connectivity index (χ2v) is 5.70. The van der Waals surface area contributed by atoms with Gasteiger partial charge in [-0.15, -0.1) is 11.6 Å². The van der Waals surface area contributed by atoms with Gasteiger partial charge in [-0.05, 0) is 52.2 Å². The molecule has 4 heteroatoms. The highest BCUT2D eigenvalue weighted by molar-refractivity contribution is 9.10. The fourth-order valence-electron chi connectivity index (χ4n) is 2.25. The van der Waals surface area contributed by atoms with Crippen LogP contribution < -0.4 is 0 Å². The minimum atomic E-state index is -0.209. The van der Waals surface area contributed by atoms with E-state index in [2.05, 4.69) is 15.9 Å². The van der Waals surface area contributed by atoms with Gasteiger partial charge in [-0.2, -0.15) is 0 Å². The molecule has 1 aromatic carbocycles. The molecule has 0 radical (unpaired) electrons. The standard InChI is InChI=1S/C13H15BrClFO/c14-12-10(2-1-3-11(12)16)8-13(9-15)4-6-17-7-5-13/h1-3H,4-9H2. The number of hydrogen-bond acceptors (Lipinski definition) is 1. The number of hydrogen-bond donors (Lipinski definition) is 0. The highest BCUT2D eigenvalue weighted by Gasteiger charge is 2.32. The highest BCUT2D eigenvalue weighted by atomic mass is 79.9. The molecule has 1 saturated heterocycles. The van der Waals surface area contributed by atoms with Crippen molar-refractivity contribution in [2.24, 2.45) is 5.41 Å². The van der Waals surface area contributed by atoms with E-state index in [4.69, 9.17) is 16.3 Å². The van der Waals surface area contributed by atoms with Crippen molar-refractivity contribution in [3.05, 3.63) is 34.1 Å². The Morgan fingerprint density at radius 2 is 2.06 bits per heavy atom. The summed E-state index contributed by atoms with van der Waals surface area (Å²) in [5.41, 5.74) is 1.04. The Kier molecular flexibility index (Phi) is 4.45. The van der Waals surface area contributed by atoms with Crippen molar-refractivity contribution in [2.45, 2.75) is 19.3 Å². The molecule has 94 valence electrons. The van der Waals surface area contributed by atoms with Crippen molar-refractivity contribution in [2.75, 3.05) is 19.1 Å². The largest absolute Gasteiger partial charge is 0.381 e. The molecule has 1 aliphatic rings. The van der Waals surface area contributed by atoms with Crippen LogP contribution >= 0.6 is 27.5 Å². The molecule has 1 fully saturated rings. The number of alkyl halides is 1. The second-order valence-electron chi connectivity index (χ2n) is 4.64. The highest BCUT2D eigenvalue weighted by Crippen LogP contribution is 2.37. The number of ether oxygens (including phenoxy) is 1. The van der Waals surface area contributed by atoms with Gasteiger partial charge in [0.1, 0.15) is 5.82 Å². The average molecular weight is 322 g/mol. The summed E-state index contributed by atoms with van der Waals surface area (Å²) in [5.74, 6) is 0.388. The molecule has 0 N–H and O–H groups in total. The molecular formula is C13H15BrClFO. The lowest BCUT2D eigenvalue weighted by molar-refractivity contribution is 0.0257. The maximum atomic E-state index is 13.5. The van der Waals surface area contributed by atoms with Crippen molar-refractivity contribution in [1.29, 1.82) is 0 Å². The maximum absolute atomic E-state index is 13.5. The first-order chi connectivity index (χ1) is 8.17. The summed E-state index contributed by atoms with van der Waals surface area (Å²) in [6, 6.07) is 5.17. The quantitative estimate of drug-likeness (QED) is 0.759. The van der Waals surface area contributed by atoms with Gasteiger partial charge in [-0.25, -0.2) is 4.39 Å². The van der Waals surface area contributed by atoms with Crippen LogP contribution in [0.2, 0.25) is 0 Å². The van der Waals surface area contributed by atoms with Crippen LogP contribution in [-0.4, -0.2) is 19.1 Å². The summed E-state index contributed by atoms with van der Waals surface area (Å²) in [5, 5.41) is 0. The van der Waals surface area contributed by atoms with Crippen LogP contribution in [0.5, 0.6) is 0 Å². The maximum Gasteiger partial charge on any atom is 0.137 e. The first-order valence-electron chi connectivity index (χ1n) is 5.73. The SMILES string of the molecule is Fc1cccc(CC2(CCl)CCOCC2)c1Br. The first-order valence-corrected chi connectivity index (χ1v) is 7.06. The van der Waals surface area contributed by atoms with Crippen molar-refractivity contribution in [3.8, 4) is 0 Å². The molecule has 1 aromatic rings.